The summed E-state index contributed by atoms with van der Waals surface area (Å²) in [5.41, 5.74) is 1.67. The Hall–Kier alpha value is -3.14. The summed E-state index contributed by atoms with van der Waals surface area (Å²) < 4.78 is 14.3. The molecular formula is C21H23FN6O2S. The van der Waals surface area contributed by atoms with E-state index in [1.165, 1.54) is 24.3 Å². The third-order valence-electron chi connectivity index (χ3n) is 5.15. The van der Waals surface area contributed by atoms with Crippen molar-refractivity contribution in [3.05, 3.63) is 46.5 Å². The Morgan fingerprint density at radius 2 is 2.10 bits per heavy atom. The number of aromatic nitrogens is 3. The number of halogens is 1. The number of rotatable bonds is 5. The molecule has 0 radical (unpaired) electrons. The monoisotopic (exact) mass is 442 g/mol. The highest BCUT2D eigenvalue weighted by molar-refractivity contribution is 7.19. The molecule has 2 amide bonds. The lowest BCUT2D eigenvalue weighted by molar-refractivity contribution is -0.119. The maximum Gasteiger partial charge on any atom is 0.274 e. The van der Waals surface area contributed by atoms with Crippen LogP contribution in [0.5, 0.6) is 0 Å². The predicted molar refractivity (Wildman–Crippen MR) is 117 cm³/mol. The molecule has 0 bridgehead atoms. The molecule has 0 aliphatic carbocycles. The summed E-state index contributed by atoms with van der Waals surface area (Å²) in [5.74, 6) is -0.423. The van der Waals surface area contributed by atoms with E-state index >= 15 is 0 Å². The highest BCUT2D eigenvalue weighted by atomic mass is 32.1. The number of aryl methyl sites for hydroxylation is 1. The Labute approximate surface area is 182 Å². The van der Waals surface area contributed by atoms with Crippen LogP contribution in [0.4, 0.5) is 10.3 Å². The van der Waals surface area contributed by atoms with Gasteiger partial charge >= 0.3 is 0 Å². The normalized spacial score (nSPS) is 17.0. The van der Waals surface area contributed by atoms with Crippen LogP contribution >= 0.6 is 11.3 Å². The fourth-order valence-electron chi connectivity index (χ4n) is 3.70. The van der Waals surface area contributed by atoms with Gasteiger partial charge in [-0.1, -0.05) is 0 Å². The number of anilines is 1. The first-order chi connectivity index (χ1) is 14.8. The fraction of sp³-hybridized carbons (Fsp3) is 0.381. The van der Waals surface area contributed by atoms with E-state index in [9.17, 15) is 14.0 Å². The van der Waals surface area contributed by atoms with E-state index in [0.717, 1.165) is 15.8 Å². The average molecular weight is 443 g/mol. The van der Waals surface area contributed by atoms with Gasteiger partial charge in [-0.25, -0.2) is 14.4 Å². The molecule has 2 atom stereocenters. The number of nitrogens with zero attached hydrogens (tertiary/aromatic N) is 4. The van der Waals surface area contributed by atoms with Gasteiger partial charge in [-0.3, -0.25) is 14.6 Å². The van der Waals surface area contributed by atoms with E-state index in [0.29, 0.717) is 42.2 Å². The molecule has 2 N–H and O–H groups in total. The first-order valence-electron chi connectivity index (χ1n) is 10.0. The molecule has 3 aromatic heterocycles. The zero-order valence-electron chi connectivity index (χ0n) is 17.5. The highest BCUT2D eigenvalue weighted by Gasteiger charge is 2.30. The lowest BCUT2D eigenvalue weighted by Gasteiger charge is -2.18. The molecule has 31 heavy (non-hydrogen) atoms. The van der Waals surface area contributed by atoms with Gasteiger partial charge < -0.3 is 15.5 Å². The minimum absolute atomic E-state index is 0.0538. The molecule has 4 heterocycles. The molecule has 1 aliphatic heterocycles. The van der Waals surface area contributed by atoms with Crippen LogP contribution in [0.25, 0.3) is 10.2 Å². The Morgan fingerprint density at radius 3 is 2.84 bits per heavy atom. The van der Waals surface area contributed by atoms with Gasteiger partial charge in [0, 0.05) is 37.1 Å². The molecule has 3 aromatic rings. The second-order valence-electron chi connectivity index (χ2n) is 7.71. The molecule has 0 saturated carbocycles. The predicted octanol–water partition coefficient (Wildman–Crippen LogP) is 3.06. The second kappa shape index (κ2) is 8.54. The Balaban J connectivity index is 1.62. The number of hydrogen-bond acceptors (Lipinski definition) is 7. The van der Waals surface area contributed by atoms with Gasteiger partial charge in [0.2, 0.25) is 11.9 Å². The van der Waals surface area contributed by atoms with Crippen molar-refractivity contribution in [2.24, 2.45) is 0 Å². The van der Waals surface area contributed by atoms with Crippen LogP contribution in [0.3, 0.4) is 0 Å². The van der Waals surface area contributed by atoms with E-state index in [2.05, 4.69) is 25.6 Å². The lowest BCUT2D eigenvalue weighted by atomic mass is 10.1. The Bertz CT molecular complexity index is 1150. The number of nitrogens with one attached hydrogen (secondary N) is 2. The summed E-state index contributed by atoms with van der Waals surface area (Å²) in [5, 5.41) is 6.02. The SMILES string of the molecule is CC(=O)NC1CCN(C(=O)c2nc(NC(C)c3cncc(F)c3)nc3cc(C)sc23)C1. The molecular weight excluding hydrogens is 419 g/mol. The lowest BCUT2D eigenvalue weighted by Crippen LogP contribution is -2.37. The molecule has 1 aliphatic rings. The van der Waals surface area contributed by atoms with Gasteiger partial charge in [0.05, 0.1) is 22.5 Å². The summed E-state index contributed by atoms with van der Waals surface area (Å²) in [4.78, 5) is 40.3. The smallest absolute Gasteiger partial charge is 0.274 e. The standard InChI is InChI=1S/C21H23FN6O2S/c1-11-6-17-19(31-11)18(20(30)28-5-4-16(10-28)25-13(3)29)27-21(26-17)24-12(2)14-7-15(22)9-23-8-14/h6-9,12,16H,4-5,10H2,1-3H3,(H,25,29)(H,24,26,27). The molecule has 1 fully saturated rings. The van der Waals surface area contributed by atoms with Crippen molar-refractivity contribution in [3.63, 3.8) is 0 Å². The number of pyridine rings is 1. The van der Waals surface area contributed by atoms with Crippen LogP contribution in [0.15, 0.2) is 24.5 Å². The van der Waals surface area contributed by atoms with Crippen molar-refractivity contribution in [1.82, 2.24) is 25.2 Å². The van der Waals surface area contributed by atoms with Gasteiger partial charge in [-0.05, 0) is 38.0 Å². The molecule has 162 valence electrons. The average Bonchev–Trinajstić information content (AvgIpc) is 3.32. The van der Waals surface area contributed by atoms with E-state index in [4.69, 9.17) is 0 Å². The highest BCUT2D eigenvalue weighted by Crippen LogP contribution is 2.29. The maximum atomic E-state index is 13.5. The van der Waals surface area contributed by atoms with Crippen LogP contribution < -0.4 is 10.6 Å². The van der Waals surface area contributed by atoms with E-state index in [1.807, 2.05) is 19.9 Å². The van der Waals surface area contributed by atoms with Gasteiger partial charge in [-0.2, -0.15) is 0 Å². The quantitative estimate of drug-likeness (QED) is 0.630. The number of hydrogen-bond donors (Lipinski definition) is 2. The van der Waals surface area contributed by atoms with E-state index < -0.39 is 5.82 Å². The Kier molecular flexibility index (Phi) is 5.81. The number of thiophene rings is 1. The number of amides is 2. The number of fused-ring (bicyclic) bond motifs is 1. The van der Waals surface area contributed by atoms with Crippen LogP contribution in [0, 0.1) is 12.7 Å². The molecule has 0 spiro atoms. The molecule has 10 heteroatoms. The van der Waals surface area contributed by atoms with Crippen molar-refractivity contribution in [1.29, 1.82) is 0 Å². The number of likely N-dealkylation sites (tertiary alicyclic amines) is 1. The van der Waals surface area contributed by atoms with Crippen LogP contribution in [0.1, 0.15) is 47.2 Å². The van der Waals surface area contributed by atoms with E-state index in [-0.39, 0.29) is 23.9 Å². The molecule has 2 unspecified atom stereocenters. The van der Waals surface area contributed by atoms with Crippen molar-refractivity contribution >= 4 is 39.3 Å². The fourth-order valence-corrected chi connectivity index (χ4v) is 4.63. The summed E-state index contributed by atoms with van der Waals surface area (Å²) >= 11 is 1.47. The summed E-state index contributed by atoms with van der Waals surface area (Å²) in [7, 11) is 0. The first-order valence-corrected chi connectivity index (χ1v) is 10.8. The van der Waals surface area contributed by atoms with E-state index in [1.54, 1.807) is 11.1 Å². The van der Waals surface area contributed by atoms with Gasteiger partial charge in [0.25, 0.3) is 5.91 Å². The molecule has 4 rings (SSSR count). The third-order valence-corrected chi connectivity index (χ3v) is 6.20. The molecule has 1 saturated heterocycles. The van der Waals surface area contributed by atoms with Crippen molar-refractivity contribution in [2.45, 2.75) is 39.3 Å². The zero-order chi connectivity index (χ0) is 22.1. The molecule has 8 nitrogen and oxygen atoms in total. The zero-order valence-corrected chi connectivity index (χ0v) is 18.3. The van der Waals surface area contributed by atoms with Gasteiger partial charge in [0.15, 0.2) is 5.69 Å². The summed E-state index contributed by atoms with van der Waals surface area (Å²) in [6, 6.07) is 2.96. The van der Waals surface area contributed by atoms with Crippen molar-refractivity contribution < 1.29 is 14.0 Å². The second-order valence-corrected chi connectivity index (χ2v) is 8.96. The minimum atomic E-state index is -0.422. The number of carbonyl (C=O) groups is 2. The first kappa shape index (κ1) is 21.1. The maximum absolute atomic E-state index is 13.5. The van der Waals surface area contributed by atoms with Gasteiger partial charge in [-0.15, -0.1) is 11.3 Å². The summed E-state index contributed by atoms with van der Waals surface area (Å²) in [6.07, 6.45) is 3.43. The van der Waals surface area contributed by atoms with Crippen molar-refractivity contribution in [3.8, 4) is 0 Å². The van der Waals surface area contributed by atoms with Crippen LogP contribution in [-0.4, -0.2) is 50.8 Å². The van der Waals surface area contributed by atoms with Crippen molar-refractivity contribution in [2.75, 3.05) is 18.4 Å². The largest absolute Gasteiger partial charge is 0.352 e. The number of carbonyl (C=O) groups excluding carboxylic acids is 2. The topological polar surface area (TPSA) is 100 Å². The van der Waals surface area contributed by atoms with Gasteiger partial charge in [0.1, 0.15) is 5.82 Å². The molecule has 0 aromatic carbocycles. The third kappa shape index (κ3) is 4.63. The van der Waals surface area contributed by atoms with Crippen LogP contribution in [0.2, 0.25) is 0 Å². The minimum Gasteiger partial charge on any atom is -0.352 e. The van der Waals surface area contributed by atoms with Crippen LogP contribution in [-0.2, 0) is 4.79 Å². The Morgan fingerprint density at radius 1 is 1.29 bits per heavy atom. The summed E-state index contributed by atoms with van der Waals surface area (Å²) in [6.45, 7) is 6.27.